The van der Waals surface area contributed by atoms with Crippen LogP contribution in [0.5, 0.6) is 0 Å². The number of rotatable bonds is 1. The lowest BCUT2D eigenvalue weighted by molar-refractivity contribution is 0.0787. The van der Waals surface area contributed by atoms with Crippen molar-refractivity contribution in [2.24, 2.45) is 0 Å². The Morgan fingerprint density at radius 1 is 1.36 bits per heavy atom. The molecule has 0 saturated heterocycles. The molecule has 5 heteroatoms. The van der Waals surface area contributed by atoms with E-state index in [1.807, 2.05) is 24.3 Å². The second-order valence-corrected chi connectivity index (χ2v) is 4.98. The standard InChI is InChI=1S/C9H4Br2O2S/c10-6-1-2-7-5(3-6)4-8(14-7)9(12)13-11/h1-4H. The molecular weight excluding hydrogens is 332 g/mol. The van der Waals surface area contributed by atoms with Gasteiger partial charge < -0.3 is 3.83 Å². The molecule has 0 aliphatic heterocycles. The Balaban J connectivity index is 2.56. The minimum absolute atomic E-state index is 0.359. The third-order valence-electron chi connectivity index (χ3n) is 1.75. The van der Waals surface area contributed by atoms with Gasteiger partial charge in [-0.25, -0.2) is 4.79 Å². The van der Waals surface area contributed by atoms with Crippen molar-refractivity contribution in [3.05, 3.63) is 33.6 Å². The van der Waals surface area contributed by atoms with Crippen molar-refractivity contribution in [1.29, 1.82) is 0 Å². The van der Waals surface area contributed by atoms with E-state index >= 15 is 0 Å². The van der Waals surface area contributed by atoms with Crippen molar-refractivity contribution in [2.75, 3.05) is 0 Å². The summed E-state index contributed by atoms with van der Waals surface area (Å²) in [5.74, 6) is -0.359. The minimum atomic E-state index is -0.359. The van der Waals surface area contributed by atoms with E-state index in [1.165, 1.54) is 11.3 Å². The molecule has 2 rings (SSSR count). The van der Waals surface area contributed by atoms with E-state index < -0.39 is 0 Å². The molecular formula is C9H4Br2O2S. The van der Waals surface area contributed by atoms with E-state index in [0.717, 1.165) is 14.6 Å². The Hall–Kier alpha value is -0.390. The molecule has 2 nitrogen and oxygen atoms in total. The molecule has 72 valence electrons. The van der Waals surface area contributed by atoms with Crippen molar-refractivity contribution >= 4 is 59.6 Å². The van der Waals surface area contributed by atoms with Crippen molar-refractivity contribution in [1.82, 2.24) is 0 Å². The van der Waals surface area contributed by atoms with Crippen molar-refractivity contribution in [2.45, 2.75) is 0 Å². The number of fused-ring (bicyclic) bond motifs is 1. The molecule has 0 radical (unpaired) electrons. The molecule has 0 spiro atoms. The van der Waals surface area contributed by atoms with Crippen LogP contribution >= 0.6 is 43.5 Å². The Labute approximate surface area is 101 Å². The largest absolute Gasteiger partial charge is 0.379 e. The van der Waals surface area contributed by atoms with Crippen LogP contribution in [0.15, 0.2) is 28.7 Å². The van der Waals surface area contributed by atoms with Crippen LogP contribution in [0.25, 0.3) is 10.1 Å². The monoisotopic (exact) mass is 334 g/mol. The fourth-order valence-electron chi connectivity index (χ4n) is 1.15. The fraction of sp³-hybridized carbons (Fsp3) is 0. The molecule has 0 aliphatic rings. The van der Waals surface area contributed by atoms with Gasteiger partial charge in [0.05, 0.1) is 0 Å². The van der Waals surface area contributed by atoms with Gasteiger partial charge in [0.15, 0.2) is 16.3 Å². The maximum Gasteiger partial charge on any atom is 0.359 e. The maximum atomic E-state index is 11.2. The zero-order valence-electron chi connectivity index (χ0n) is 6.79. The highest BCUT2D eigenvalue weighted by atomic mass is 79.9. The summed E-state index contributed by atoms with van der Waals surface area (Å²) in [7, 11) is 0. The van der Waals surface area contributed by atoms with Crippen LogP contribution in [0.3, 0.4) is 0 Å². The lowest BCUT2D eigenvalue weighted by Gasteiger charge is -1.88. The quantitative estimate of drug-likeness (QED) is 0.783. The molecule has 0 saturated carbocycles. The molecule has 0 atom stereocenters. The van der Waals surface area contributed by atoms with Crippen molar-refractivity contribution < 1.29 is 8.62 Å². The fourth-order valence-corrected chi connectivity index (χ4v) is 2.73. The van der Waals surface area contributed by atoms with Crippen LogP contribution in [-0.2, 0) is 3.83 Å². The van der Waals surface area contributed by atoms with Gasteiger partial charge in [-0.1, -0.05) is 15.9 Å². The molecule has 0 fully saturated rings. The van der Waals surface area contributed by atoms with Gasteiger partial charge in [0.2, 0.25) is 0 Å². The highest BCUT2D eigenvalue weighted by Gasteiger charge is 2.10. The SMILES string of the molecule is O=C(OBr)c1cc2cc(Br)ccc2s1. The average Bonchev–Trinajstić information content (AvgIpc) is 2.59. The number of benzene rings is 1. The Morgan fingerprint density at radius 3 is 2.86 bits per heavy atom. The molecule has 2 aromatic rings. The van der Waals surface area contributed by atoms with Gasteiger partial charge in [-0.3, -0.25) is 0 Å². The van der Waals surface area contributed by atoms with E-state index in [0.29, 0.717) is 4.88 Å². The smallest absolute Gasteiger partial charge is 0.359 e. The summed E-state index contributed by atoms with van der Waals surface area (Å²) < 4.78 is 6.54. The van der Waals surface area contributed by atoms with Gasteiger partial charge in [-0.2, -0.15) is 0 Å². The molecule has 0 N–H and O–H groups in total. The molecule has 0 amide bonds. The summed E-state index contributed by atoms with van der Waals surface area (Å²) in [6.45, 7) is 0. The summed E-state index contributed by atoms with van der Waals surface area (Å²) in [6.07, 6.45) is 0. The number of carbonyl (C=O) groups excluding carboxylic acids is 1. The molecule has 1 heterocycles. The van der Waals surface area contributed by atoms with Gasteiger partial charge >= 0.3 is 5.97 Å². The highest BCUT2D eigenvalue weighted by Crippen LogP contribution is 2.28. The molecule has 14 heavy (non-hydrogen) atoms. The zero-order chi connectivity index (χ0) is 10.1. The van der Waals surface area contributed by atoms with Crippen LogP contribution in [0, 0.1) is 0 Å². The third-order valence-corrected chi connectivity index (χ3v) is 3.63. The van der Waals surface area contributed by atoms with Gasteiger partial charge in [0, 0.05) is 9.17 Å². The van der Waals surface area contributed by atoms with E-state index in [-0.39, 0.29) is 5.97 Å². The predicted octanol–water partition coefficient (Wildman–Crippen LogP) is 4.13. The molecule has 1 aromatic heterocycles. The average molecular weight is 336 g/mol. The number of halogens is 2. The number of carbonyl (C=O) groups is 1. The van der Waals surface area contributed by atoms with Crippen LogP contribution in [-0.4, -0.2) is 5.97 Å². The normalized spacial score (nSPS) is 10.4. The van der Waals surface area contributed by atoms with E-state index in [2.05, 4.69) is 36.0 Å². The Morgan fingerprint density at radius 2 is 2.14 bits per heavy atom. The second kappa shape index (κ2) is 4.00. The third kappa shape index (κ3) is 1.85. The van der Waals surface area contributed by atoms with Gasteiger partial charge in [0.25, 0.3) is 0 Å². The van der Waals surface area contributed by atoms with Crippen LogP contribution in [0.4, 0.5) is 0 Å². The number of hydrogen-bond acceptors (Lipinski definition) is 3. The van der Waals surface area contributed by atoms with Gasteiger partial charge in [-0.15, -0.1) is 11.3 Å². The topological polar surface area (TPSA) is 26.3 Å². The minimum Gasteiger partial charge on any atom is -0.379 e. The summed E-state index contributed by atoms with van der Waals surface area (Å²) in [6, 6.07) is 7.70. The van der Waals surface area contributed by atoms with E-state index in [4.69, 9.17) is 0 Å². The second-order valence-electron chi connectivity index (χ2n) is 2.66. The Kier molecular flexibility index (Phi) is 2.90. The van der Waals surface area contributed by atoms with Crippen molar-refractivity contribution in [3.8, 4) is 0 Å². The Bertz CT molecular complexity index is 493. The predicted molar refractivity (Wildman–Crippen MR) is 63.9 cm³/mol. The van der Waals surface area contributed by atoms with Gasteiger partial charge in [0.1, 0.15) is 4.88 Å². The van der Waals surface area contributed by atoms with Crippen molar-refractivity contribution in [3.63, 3.8) is 0 Å². The molecule has 0 bridgehead atoms. The summed E-state index contributed by atoms with van der Waals surface area (Å²) in [5.41, 5.74) is 0. The number of hydrogen-bond donors (Lipinski definition) is 0. The lowest BCUT2D eigenvalue weighted by Crippen LogP contribution is -1.91. The number of thiophene rings is 1. The first-order chi connectivity index (χ1) is 6.70. The first-order valence-electron chi connectivity index (χ1n) is 3.73. The van der Waals surface area contributed by atoms with Gasteiger partial charge in [-0.05, 0) is 29.7 Å². The summed E-state index contributed by atoms with van der Waals surface area (Å²) in [4.78, 5) is 11.8. The zero-order valence-corrected chi connectivity index (χ0v) is 10.8. The maximum absolute atomic E-state index is 11.2. The summed E-state index contributed by atoms with van der Waals surface area (Å²) >= 11 is 7.46. The summed E-state index contributed by atoms with van der Waals surface area (Å²) in [5, 5.41) is 1.04. The van der Waals surface area contributed by atoms with Crippen LogP contribution in [0.1, 0.15) is 9.67 Å². The molecule has 1 aromatic carbocycles. The van der Waals surface area contributed by atoms with E-state index in [9.17, 15) is 4.79 Å². The first-order valence-corrected chi connectivity index (χ1v) is 5.98. The highest BCUT2D eigenvalue weighted by molar-refractivity contribution is 9.10. The first kappa shape index (κ1) is 10.1. The molecule has 0 unspecified atom stereocenters. The molecule has 0 aliphatic carbocycles. The lowest BCUT2D eigenvalue weighted by atomic mass is 10.2. The van der Waals surface area contributed by atoms with Crippen LogP contribution in [0.2, 0.25) is 0 Å². The van der Waals surface area contributed by atoms with E-state index in [1.54, 1.807) is 0 Å². The van der Waals surface area contributed by atoms with Crippen LogP contribution < -0.4 is 0 Å².